The van der Waals surface area contributed by atoms with Crippen molar-refractivity contribution in [2.75, 3.05) is 6.61 Å². The maximum absolute atomic E-state index is 12.4. The van der Waals surface area contributed by atoms with E-state index in [0.29, 0.717) is 23.4 Å². The minimum Gasteiger partial charge on any atom is -0.511 e. The van der Waals surface area contributed by atoms with Gasteiger partial charge in [0.25, 0.3) is 0 Å². The fraction of sp³-hybridized carbons (Fsp3) is 0.318. The maximum Gasteiger partial charge on any atom is 0.341 e. The molecular formula is C22H23NO4S. The van der Waals surface area contributed by atoms with Gasteiger partial charge in [-0.1, -0.05) is 30.3 Å². The summed E-state index contributed by atoms with van der Waals surface area (Å²) in [5, 5.41) is 11.2. The summed E-state index contributed by atoms with van der Waals surface area (Å²) in [5.74, 6) is -0.756. The highest BCUT2D eigenvalue weighted by Gasteiger charge is 2.29. The Labute approximate surface area is 168 Å². The van der Waals surface area contributed by atoms with Crippen LogP contribution in [0.4, 0.5) is 5.00 Å². The van der Waals surface area contributed by atoms with Crippen molar-refractivity contribution in [3.63, 3.8) is 0 Å². The lowest BCUT2D eigenvalue weighted by Crippen LogP contribution is -2.19. The number of thiophene rings is 1. The molecule has 3 rings (SSSR count). The zero-order valence-electron chi connectivity index (χ0n) is 16.2. The highest BCUT2D eigenvalue weighted by molar-refractivity contribution is 7.16. The van der Waals surface area contributed by atoms with Crippen molar-refractivity contribution in [2.24, 2.45) is 4.99 Å². The summed E-state index contributed by atoms with van der Waals surface area (Å²) in [6, 6.07) is 9.62. The number of aliphatic imine (C=N–C) groups is 1. The van der Waals surface area contributed by atoms with E-state index in [2.05, 4.69) is 4.99 Å². The van der Waals surface area contributed by atoms with Crippen molar-refractivity contribution in [1.82, 2.24) is 0 Å². The van der Waals surface area contributed by atoms with Gasteiger partial charge in [0.2, 0.25) is 0 Å². The van der Waals surface area contributed by atoms with E-state index in [-0.39, 0.29) is 29.6 Å². The summed E-state index contributed by atoms with van der Waals surface area (Å²) in [6.45, 7) is 5.79. The summed E-state index contributed by atoms with van der Waals surface area (Å²) >= 11 is 1.37. The van der Waals surface area contributed by atoms with E-state index >= 15 is 0 Å². The third-order valence-corrected chi connectivity index (χ3v) is 6.04. The van der Waals surface area contributed by atoms with Gasteiger partial charge in [0.1, 0.15) is 10.8 Å². The van der Waals surface area contributed by atoms with Crippen LogP contribution in [0, 0.1) is 13.8 Å². The van der Waals surface area contributed by atoms with Gasteiger partial charge in [0.05, 0.1) is 17.7 Å². The van der Waals surface area contributed by atoms with Crippen molar-refractivity contribution in [2.45, 2.75) is 39.5 Å². The molecule has 0 fully saturated rings. The van der Waals surface area contributed by atoms with Gasteiger partial charge in [0.15, 0.2) is 5.78 Å². The molecule has 146 valence electrons. The Kier molecular flexibility index (Phi) is 6.09. The number of rotatable bonds is 5. The number of Topliss-reactive ketones (excluding diaryl/α,β-unsaturated/α-hetero) is 1. The number of benzene rings is 1. The first-order valence-electron chi connectivity index (χ1n) is 9.26. The van der Waals surface area contributed by atoms with Crippen LogP contribution in [0.15, 0.2) is 46.7 Å². The number of carbonyl (C=O) groups excluding carboxylic acids is 2. The fourth-order valence-corrected chi connectivity index (χ4v) is 4.28. The number of esters is 1. The molecule has 6 heteroatoms. The van der Waals surface area contributed by atoms with Crippen LogP contribution in [-0.2, 0) is 9.53 Å². The zero-order chi connectivity index (χ0) is 20.3. The summed E-state index contributed by atoms with van der Waals surface area (Å²) < 4.78 is 5.14. The summed E-state index contributed by atoms with van der Waals surface area (Å²) in [6.07, 6.45) is 2.30. The van der Waals surface area contributed by atoms with E-state index in [1.54, 1.807) is 6.92 Å². The van der Waals surface area contributed by atoms with E-state index in [9.17, 15) is 14.7 Å². The first kappa shape index (κ1) is 20.0. The number of hydrogen-bond donors (Lipinski definition) is 1. The molecule has 0 saturated heterocycles. The molecule has 0 amide bonds. The SMILES string of the molecule is CCOC(=O)c1c(/N=C/C2=C(O)[C@@H](c3ccccc3)CCC2=O)sc(C)c1C. The molecule has 0 bridgehead atoms. The summed E-state index contributed by atoms with van der Waals surface area (Å²) in [4.78, 5) is 30.1. The Hall–Kier alpha value is -2.73. The highest BCUT2D eigenvalue weighted by atomic mass is 32.1. The largest absolute Gasteiger partial charge is 0.511 e. The van der Waals surface area contributed by atoms with Crippen LogP contribution in [0.1, 0.15) is 52.0 Å². The average molecular weight is 397 g/mol. The summed E-state index contributed by atoms with van der Waals surface area (Å²) in [5.41, 5.74) is 2.42. The van der Waals surface area contributed by atoms with Crippen LogP contribution in [0.2, 0.25) is 0 Å². The minimum absolute atomic E-state index is 0.0360. The van der Waals surface area contributed by atoms with Crippen LogP contribution in [-0.4, -0.2) is 29.7 Å². The first-order chi connectivity index (χ1) is 13.4. The number of aliphatic hydroxyl groups excluding tert-OH is 1. The molecule has 1 atom stereocenters. The Balaban J connectivity index is 1.98. The number of aryl methyl sites for hydroxylation is 1. The monoisotopic (exact) mass is 397 g/mol. The van der Waals surface area contributed by atoms with Gasteiger partial charge in [-0.2, -0.15) is 0 Å². The first-order valence-corrected chi connectivity index (χ1v) is 10.1. The van der Waals surface area contributed by atoms with Gasteiger partial charge in [0, 0.05) is 23.4 Å². The van der Waals surface area contributed by atoms with E-state index < -0.39 is 5.97 Å². The fourth-order valence-electron chi connectivity index (χ4n) is 3.29. The topological polar surface area (TPSA) is 76.0 Å². The number of hydrogen-bond acceptors (Lipinski definition) is 6. The molecule has 0 unspecified atom stereocenters. The van der Waals surface area contributed by atoms with Crippen molar-refractivity contribution >= 4 is 34.3 Å². The van der Waals surface area contributed by atoms with Gasteiger partial charge >= 0.3 is 5.97 Å². The smallest absolute Gasteiger partial charge is 0.341 e. The molecule has 1 heterocycles. The molecule has 28 heavy (non-hydrogen) atoms. The van der Waals surface area contributed by atoms with Crippen molar-refractivity contribution in [3.05, 3.63) is 63.2 Å². The Bertz CT molecular complexity index is 956. The van der Waals surface area contributed by atoms with Crippen molar-refractivity contribution < 1.29 is 19.4 Å². The molecule has 1 aromatic carbocycles. The van der Waals surface area contributed by atoms with Crippen LogP contribution in [0.5, 0.6) is 0 Å². The summed E-state index contributed by atoms with van der Waals surface area (Å²) in [7, 11) is 0. The lowest BCUT2D eigenvalue weighted by Gasteiger charge is -2.22. The van der Waals surface area contributed by atoms with E-state index in [0.717, 1.165) is 16.0 Å². The number of ether oxygens (including phenoxy) is 1. The van der Waals surface area contributed by atoms with E-state index in [1.165, 1.54) is 17.6 Å². The zero-order valence-corrected chi connectivity index (χ0v) is 17.0. The van der Waals surface area contributed by atoms with Gasteiger partial charge in [-0.3, -0.25) is 4.79 Å². The standard InChI is InChI=1S/C22H23NO4S/c1-4-27-22(26)19-13(2)14(3)28-21(19)23-12-17-18(24)11-10-16(20(17)25)15-8-6-5-7-9-15/h5-9,12,16,25H,4,10-11H2,1-3H3/b23-12+/t16-/m1/s1. The highest BCUT2D eigenvalue weighted by Crippen LogP contribution is 2.37. The lowest BCUT2D eigenvalue weighted by atomic mass is 9.83. The molecule has 0 aliphatic heterocycles. The predicted octanol–water partition coefficient (Wildman–Crippen LogP) is 5.20. The molecule has 1 N–H and O–H groups in total. The lowest BCUT2D eigenvalue weighted by molar-refractivity contribution is -0.115. The van der Waals surface area contributed by atoms with Gasteiger partial charge in [-0.05, 0) is 38.3 Å². The molecular weight excluding hydrogens is 374 g/mol. The third-order valence-electron chi connectivity index (χ3n) is 4.93. The van der Waals surface area contributed by atoms with Crippen molar-refractivity contribution in [1.29, 1.82) is 0 Å². The molecule has 0 spiro atoms. The number of allylic oxidation sites excluding steroid dienone is 2. The van der Waals surface area contributed by atoms with Gasteiger partial charge in [-0.25, -0.2) is 9.79 Å². The van der Waals surface area contributed by atoms with Gasteiger partial charge in [-0.15, -0.1) is 11.3 Å². The van der Waals surface area contributed by atoms with Crippen LogP contribution in [0.25, 0.3) is 0 Å². The second-order valence-electron chi connectivity index (χ2n) is 6.67. The molecule has 1 aliphatic carbocycles. The quantitative estimate of drug-likeness (QED) is 0.555. The molecule has 2 aromatic rings. The van der Waals surface area contributed by atoms with E-state index in [1.807, 2.05) is 44.2 Å². The molecule has 1 aliphatic rings. The maximum atomic E-state index is 12.4. The molecule has 0 radical (unpaired) electrons. The number of nitrogens with zero attached hydrogens (tertiary/aromatic N) is 1. The predicted molar refractivity (Wildman–Crippen MR) is 111 cm³/mol. The van der Waals surface area contributed by atoms with Crippen LogP contribution < -0.4 is 0 Å². The second kappa shape index (κ2) is 8.52. The second-order valence-corrected chi connectivity index (χ2v) is 7.87. The van der Waals surface area contributed by atoms with E-state index in [4.69, 9.17) is 4.74 Å². The normalized spacial score (nSPS) is 17.4. The molecule has 1 aromatic heterocycles. The number of aliphatic hydroxyl groups is 1. The number of carbonyl (C=O) groups is 2. The number of ketones is 1. The van der Waals surface area contributed by atoms with Gasteiger partial charge < -0.3 is 9.84 Å². The Morgan fingerprint density at radius 2 is 2.04 bits per heavy atom. The van der Waals surface area contributed by atoms with Crippen LogP contribution >= 0.6 is 11.3 Å². The Morgan fingerprint density at radius 1 is 1.32 bits per heavy atom. The average Bonchev–Trinajstić information content (AvgIpc) is 2.96. The molecule has 5 nitrogen and oxygen atoms in total. The molecule has 0 saturated carbocycles. The Morgan fingerprint density at radius 3 is 2.71 bits per heavy atom. The van der Waals surface area contributed by atoms with Crippen molar-refractivity contribution in [3.8, 4) is 0 Å². The van der Waals surface area contributed by atoms with Crippen LogP contribution in [0.3, 0.4) is 0 Å². The minimum atomic E-state index is -0.424. The third kappa shape index (κ3) is 3.92.